The molecule has 1 rings (SSSR count). The fourth-order valence-corrected chi connectivity index (χ4v) is 1.34. The largest absolute Gasteiger partial charge is 0.370 e. The second kappa shape index (κ2) is 4.09. The lowest BCUT2D eigenvalue weighted by atomic mass is 10.1. The van der Waals surface area contributed by atoms with Crippen LogP contribution in [0.2, 0.25) is 0 Å². The number of aryl methyl sites for hydroxylation is 2. The van der Waals surface area contributed by atoms with E-state index in [0.29, 0.717) is 12.0 Å². The average molecular weight is 194 g/mol. The molecule has 3 N–H and O–H groups in total. The van der Waals surface area contributed by atoms with Crippen LogP contribution in [0.1, 0.15) is 23.2 Å². The Morgan fingerprint density at radius 3 is 2.71 bits per heavy atom. The van der Waals surface area contributed by atoms with Gasteiger partial charge in [-0.25, -0.2) is 0 Å². The SMILES string of the molecule is Cc1cc(CCC(N)=O)c(C)c(=O)[nH]1. The van der Waals surface area contributed by atoms with Gasteiger partial charge in [0.2, 0.25) is 5.91 Å². The van der Waals surface area contributed by atoms with Crippen LogP contribution >= 0.6 is 0 Å². The number of rotatable bonds is 3. The molecule has 0 aliphatic carbocycles. The van der Waals surface area contributed by atoms with Crippen molar-refractivity contribution in [2.45, 2.75) is 26.7 Å². The molecule has 0 fully saturated rings. The number of aromatic amines is 1. The molecule has 1 heterocycles. The number of hydrogen-bond donors (Lipinski definition) is 2. The molecule has 0 spiro atoms. The quantitative estimate of drug-likeness (QED) is 0.731. The highest BCUT2D eigenvalue weighted by Crippen LogP contribution is 2.06. The highest BCUT2D eigenvalue weighted by molar-refractivity contribution is 5.74. The van der Waals surface area contributed by atoms with Crippen LogP contribution in [-0.2, 0) is 11.2 Å². The third kappa shape index (κ3) is 2.45. The summed E-state index contributed by atoms with van der Waals surface area (Å²) < 4.78 is 0. The number of carbonyl (C=O) groups excluding carboxylic acids is 1. The molecule has 0 saturated heterocycles. The lowest BCUT2D eigenvalue weighted by molar-refractivity contribution is -0.117. The van der Waals surface area contributed by atoms with Crippen LogP contribution in [0.25, 0.3) is 0 Å². The Morgan fingerprint density at radius 2 is 2.14 bits per heavy atom. The van der Waals surface area contributed by atoms with Crippen molar-refractivity contribution in [3.05, 3.63) is 33.2 Å². The Bertz CT molecular complexity index is 407. The summed E-state index contributed by atoms with van der Waals surface area (Å²) in [6.07, 6.45) is 0.815. The number of primary amides is 1. The predicted molar refractivity (Wildman–Crippen MR) is 54.1 cm³/mol. The van der Waals surface area contributed by atoms with Gasteiger partial charge in [-0.05, 0) is 31.9 Å². The minimum atomic E-state index is -0.345. The summed E-state index contributed by atoms with van der Waals surface area (Å²) in [5.74, 6) is -0.345. The summed E-state index contributed by atoms with van der Waals surface area (Å²) >= 11 is 0. The van der Waals surface area contributed by atoms with E-state index < -0.39 is 0 Å². The summed E-state index contributed by atoms with van der Waals surface area (Å²) in [4.78, 5) is 24.6. The van der Waals surface area contributed by atoms with Crippen molar-refractivity contribution < 1.29 is 4.79 Å². The standard InChI is InChI=1S/C10H14N2O2/c1-6-5-8(3-4-9(11)13)7(2)10(14)12-6/h5H,3-4H2,1-2H3,(H2,11,13)(H,12,14). The number of aromatic nitrogens is 1. The van der Waals surface area contributed by atoms with Crippen LogP contribution < -0.4 is 11.3 Å². The summed E-state index contributed by atoms with van der Waals surface area (Å²) in [6, 6.07) is 1.87. The normalized spacial score (nSPS) is 10.1. The van der Waals surface area contributed by atoms with Gasteiger partial charge in [0, 0.05) is 17.7 Å². The molecule has 4 heteroatoms. The van der Waals surface area contributed by atoms with Crippen molar-refractivity contribution in [1.82, 2.24) is 4.98 Å². The maximum absolute atomic E-state index is 11.3. The number of pyridine rings is 1. The number of nitrogens with one attached hydrogen (secondary N) is 1. The molecule has 76 valence electrons. The van der Waals surface area contributed by atoms with E-state index in [1.165, 1.54) is 0 Å². The van der Waals surface area contributed by atoms with Crippen LogP contribution in [0, 0.1) is 13.8 Å². The van der Waals surface area contributed by atoms with E-state index in [4.69, 9.17) is 5.73 Å². The number of hydrogen-bond acceptors (Lipinski definition) is 2. The van der Waals surface area contributed by atoms with Gasteiger partial charge < -0.3 is 10.7 Å². The van der Waals surface area contributed by atoms with Crippen LogP contribution in [0.3, 0.4) is 0 Å². The van der Waals surface area contributed by atoms with E-state index in [0.717, 1.165) is 11.3 Å². The number of carbonyl (C=O) groups is 1. The van der Waals surface area contributed by atoms with Crippen LogP contribution in [0.15, 0.2) is 10.9 Å². The second-order valence-corrected chi connectivity index (χ2v) is 3.40. The lowest BCUT2D eigenvalue weighted by Gasteiger charge is -2.04. The molecule has 14 heavy (non-hydrogen) atoms. The maximum Gasteiger partial charge on any atom is 0.251 e. The van der Waals surface area contributed by atoms with Crippen molar-refractivity contribution in [3.8, 4) is 0 Å². The minimum Gasteiger partial charge on any atom is -0.370 e. The second-order valence-electron chi connectivity index (χ2n) is 3.40. The van der Waals surface area contributed by atoms with E-state index in [2.05, 4.69) is 4.98 Å². The fraction of sp³-hybridized carbons (Fsp3) is 0.400. The third-order valence-electron chi connectivity index (χ3n) is 2.16. The summed E-state index contributed by atoms with van der Waals surface area (Å²) in [5, 5.41) is 0. The highest BCUT2D eigenvalue weighted by Gasteiger charge is 2.04. The predicted octanol–water partition coefficient (Wildman–Crippen LogP) is 0.410. The number of nitrogens with two attached hydrogens (primary N) is 1. The first kappa shape index (κ1) is 10.5. The van der Waals surface area contributed by atoms with E-state index in [-0.39, 0.29) is 17.9 Å². The maximum atomic E-state index is 11.3. The molecule has 4 nitrogen and oxygen atoms in total. The minimum absolute atomic E-state index is 0.0931. The summed E-state index contributed by atoms with van der Waals surface area (Å²) in [5.41, 5.74) is 7.31. The van der Waals surface area contributed by atoms with Gasteiger partial charge in [0.15, 0.2) is 0 Å². The molecule has 0 unspecified atom stereocenters. The molecule has 0 radical (unpaired) electrons. The topological polar surface area (TPSA) is 76.0 Å². The zero-order chi connectivity index (χ0) is 10.7. The van der Waals surface area contributed by atoms with Crippen molar-refractivity contribution in [3.63, 3.8) is 0 Å². The molecule has 0 bridgehead atoms. The molecule has 1 aromatic rings. The van der Waals surface area contributed by atoms with Gasteiger partial charge >= 0.3 is 0 Å². The van der Waals surface area contributed by atoms with E-state index in [1.807, 2.05) is 13.0 Å². The van der Waals surface area contributed by atoms with E-state index >= 15 is 0 Å². The number of amides is 1. The fourth-order valence-electron chi connectivity index (χ4n) is 1.34. The molecule has 1 amide bonds. The van der Waals surface area contributed by atoms with Crippen LogP contribution in [0.4, 0.5) is 0 Å². The van der Waals surface area contributed by atoms with Crippen molar-refractivity contribution >= 4 is 5.91 Å². The third-order valence-corrected chi connectivity index (χ3v) is 2.16. The molecular weight excluding hydrogens is 180 g/mol. The summed E-state index contributed by atoms with van der Waals surface area (Å²) in [6.45, 7) is 3.56. The molecular formula is C10H14N2O2. The Morgan fingerprint density at radius 1 is 1.50 bits per heavy atom. The zero-order valence-corrected chi connectivity index (χ0v) is 8.39. The van der Waals surface area contributed by atoms with Crippen molar-refractivity contribution in [1.29, 1.82) is 0 Å². The molecule has 0 aliphatic rings. The molecule has 0 atom stereocenters. The lowest BCUT2D eigenvalue weighted by Crippen LogP contribution is -2.16. The first-order valence-electron chi connectivity index (χ1n) is 4.48. The average Bonchev–Trinajstić information content (AvgIpc) is 2.08. The zero-order valence-electron chi connectivity index (χ0n) is 8.39. The first-order valence-corrected chi connectivity index (χ1v) is 4.48. The Hall–Kier alpha value is -1.58. The van der Waals surface area contributed by atoms with E-state index in [1.54, 1.807) is 6.92 Å². The Balaban J connectivity index is 2.96. The van der Waals surface area contributed by atoms with E-state index in [9.17, 15) is 9.59 Å². The van der Waals surface area contributed by atoms with Gasteiger partial charge in [0.25, 0.3) is 5.56 Å². The molecule has 0 aromatic carbocycles. The Kier molecular flexibility index (Phi) is 3.06. The molecule has 0 saturated carbocycles. The monoisotopic (exact) mass is 194 g/mol. The van der Waals surface area contributed by atoms with Crippen LogP contribution in [0.5, 0.6) is 0 Å². The Labute approximate surface area is 82.1 Å². The molecule has 1 aromatic heterocycles. The van der Waals surface area contributed by atoms with Gasteiger partial charge in [-0.2, -0.15) is 0 Å². The number of H-pyrrole nitrogens is 1. The van der Waals surface area contributed by atoms with Crippen LogP contribution in [-0.4, -0.2) is 10.9 Å². The van der Waals surface area contributed by atoms with Gasteiger partial charge in [-0.3, -0.25) is 9.59 Å². The van der Waals surface area contributed by atoms with Crippen molar-refractivity contribution in [2.75, 3.05) is 0 Å². The van der Waals surface area contributed by atoms with Gasteiger partial charge in [0.05, 0.1) is 0 Å². The molecule has 0 aliphatic heterocycles. The van der Waals surface area contributed by atoms with Gasteiger partial charge in [0.1, 0.15) is 0 Å². The van der Waals surface area contributed by atoms with Gasteiger partial charge in [-0.15, -0.1) is 0 Å². The van der Waals surface area contributed by atoms with Gasteiger partial charge in [-0.1, -0.05) is 0 Å². The highest BCUT2D eigenvalue weighted by atomic mass is 16.1. The van der Waals surface area contributed by atoms with Crippen molar-refractivity contribution in [2.24, 2.45) is 5.73 Å². The smallest absolute Gasteiger partial charge is 0.251 e. The first-order chi connectivity index (χ1) is 6.50. The summed E-state index contributed by atoms with van der Waals surface area (Å²) in [7, 11) is 0.